The minimum atomic E-state index is 0.198. The number of aryl methyl sites for hydroxylation is 2. The van der Waals surface area contributed by atoms with E-state index in [-0.39, 0.29) is 5.41 Å². The number of fused-ring (bicyclic) bond motifs is 1. The fraction of sp³-hybridized carbons (Fsp3) is 0.429. The van der Waals surface area contributed by atoms with Gasteiger partial charge in [0.05, 0.1) is 0 Å². The zero-order chi connectivity index (χ0) is 11.2. The molecule has 0 saturated heterocycles. The van der Waals surface area contributed by atoms with Crippen LogP contribution in [0.2, 0.25) is 0 Å². The summed E-state index contributed by atoms with van der Waals surface area (Å²) in [6.45, 7) is 11.1. The summed E-state index contributed by atoms with van der Waals surface area (Å²) in [6, 6.07) is 6.57. The number of hydrogen-bond donors (Lipinski definition) is 1. The van der Waals surface area contributed by atoms with Crippen molar-refractivity contribution in [3.05, 3.63) is 35.0 Å². The molecule has 0 bridgehead atoms. The van der Waals surface area contributed by atoms with Crippen LogP contribution in [0.25, 0.3) is 10.9 Å². The minimum absolute atomic E-state index is 0.198. The van der Waals surface area contributed by atoms with E-state index in [1.54, 1.807) is 0 Å². The Morgan fingerprint density at radius 2 is 1.73 bits per heavy atom. The number of para-hydroxylation sites is 1. The van der Waals surface area contributed by atoms with Crippen molar-refractivity contribution < 1.29 is 0 Å². The maximum atomic E-state index is 3.50. The summed E-state index contributed by atoms with van der Waals surface area (Å²) in [4.78, 5) is 3.50. The highest BCUT2D eigenvalue weighted by molar-refractivity contribution is 5.87. The third-order valence-corrected chi connectivity index (χ3v) is 3.15. The molecular formula is C14H19N. The quantitative estimate of drug-likeness (QED) is 0.661. The molecule has 0 spiro atoms. The molecule has 1 N–H and O–H groups in total. The molecule has 1 nitrogen and oxygen atoms in total. The molecule has 0 aliphatic rings. The molecule has 1 heteroatoms. The number of benzene rings is 1. The van der Waals surface area contributed by atoms with Crippen LogP contribution in [0.4, 0.5) is 0 Å². The molecule has 2 aromatic rings. The summed E-state index contributed by atoms with van der Waals surface area (Å²) in [7, 11) is 0. The number of nitrogens with one attached hydrogen (secondary N) is 1. The summed E-state index contributed by atoms with van der Waals surface area (Å²) in [5.41, 5.74) is 5.55. The van der Waals surface area contributed by atoms with Crippen LogP contribution in [0.3, 0.4) is 0 Å². The van der Waals surface area contributed by atoms with Gasteiger partial charge in [0.15, 0.2) is 0 Å². The molecule has 1 aromatic carbocycles. The Hall–Kier alpha value is -1.24. The third kappa shape index (κ3) is 1.56. The molecule has 0 radical (unpaired) electrons. The average Bonchev–Trinajstić information content (AvgIpc) is 2.41. The number of H-pyrrole nitrogens is 1. The van der Waals surface area contributed by atoms with Gasteiger partial charge in [-0.25, -0.2) is 0 Å². The summed E-state index contributed by atoms with van der Waals surface area (Å²) in [6.07, 6.45) is 0. The van der Waals surface area contributed by atoms with Crippen LogP contribution in [0.15, 0.2) is 18.2 Å². The van der Waals surface area contributed by atoms with E-state index in [9.17, 15) is 0 Å². The minimum Gasteiger partial charge on any atom is -0.358 e. The maximum Gasteiger partial charge on any atom is 0.0496 e. The second kappa shape index (κ2) is 3.13. The van der Waals surface area contributed by atoms with Crippen LogP contribution in [0, 0.1) is 13.8 Å². The van der Waals surface area contributed by atoms with E-state index in [1.165, 1.54) is 27.7 Å². The molecule has 0 atom stereocenters. The Morgan fingerprint density at radius 3 is 2.33 bits per heavy atom. The van der Waals surface area contributed by atoms with Crippen molar-refractivity contribution in [3.63, 3.8) is 0 Å². The lowest BCUT2D eigenvalue weighted by molar-refractivity contribution is 0.595. The van der Waals surface area contributed by atoms with Gasteiger partial charge in [-0.05, 0) is 30.4 Å². The van der Waals surface area contributed by atoms with Crippen LogP contribution in [-0.2, 0) is 5.41 Å². The van der Waals surface area contributed by atoms with Gasteiger partial charge in [0.1, 0.15) is 0 Å². The Bertz CT molecular complexity index is 498. The van der Waals surface area contributed by atoms with Crippen LogP contribution < -0.4 is 0 Å². The van der Waals surface area contributed by atoms with E-state index in [1.807, 2.05) is 0 Å². The van der Waals surface area contributed by atoms with Gasteiger partial charge in [0.2, 0.25) is 0 Å². The lowest BCUT2D eigenvalue weighted by Gasteiger charge is -2.19. The van der Waals surface area contributed by atoms with Crippen molar-refractivity contribution >= 4 is 10.9 Å². The average molecular weight is 201 g/mol. The van der Waals surface area contributed by atoms with Crippen molar-refractivity contribution in [2.75, 3.05) is 0 Å². The summed E-state index contributed by atoms with van der Waals surface area (Å²) >= 11 is 0. The Balaban J connectivity index is 2.83. The van der Waals surface area contributed by atoms with Crippen molar-refractivity contribution in [3.8, 4) is 0 Å². The maximum absolute atomic E-state index is 3.50. The first-order valence-corrected chi connectivity index (χ1v) is 5.49. The number of aromatic nitrogens is 1. The third-order valence-electron chi connectivity index (χ3n) is 3.15. The highest BCUT2D eigenvalue weighted by Gasteiger charge is 2.18. The normalized spacial score (nSPS) is 12.3. The van der Waals surface area contributed by atoms with Crippen LogP contribution >= 0.6 is 0 Å². The molecule has 1 heterocycles. The zero-order valence-electron chi connectivity index (χ0n) is 10.2. The SMILES string of the molecule is Cc1[nH]c2c(C(C)(C)C)cccc2c1C. The van der Waals surface area contributed by atoms with Gasteiger partial charge >= 0.3 is 0 Å². The number of aromatic amines is 1. The molecular weight excluding hydrogens is 182 g/mol. The highest BCUT2D eigenvalue weighted by Crippen LogP contribution is 2.31. The van der Waals surface area contributed by atoms with Gasteiger partial charge in [-0.1, -0.05) is 39.0 Å². The lowest BCUT2D eigenvalue weighted by Crippen LogP contribution is -2.11. The van der Waals surface area contributed by atoms with Crippen molar-refractivity contribution in [1.82, 2.24) is 4.98 Å². The van der Waals surface area contributed by atoms with E-state index < -0.39 is 0 Å². The Labute approximate surface area is 91.5 Å². The van der Waals surface area contributed by atoms with Gasteiger partial charge in [-0.15, -0.1) is 0 Å². The lowest BCUT2D eigenvalue weighted by atomic mass is 9.85. The van der Waals surface area contributed by atoms with E-state index in [2.05, 4.69) is 57.8 Å². The van der Waals surface area contributed by atoms with Gasteiger partial charge in [-0.3, -0.25) is 0 Å². The standard InChI is InChI=1S/C14H19N/c1-9-10(2)15-13-11(9)7-6-8-12(13)14(3,4)5/h6-8,15H,1-5H3. The van der Waals surface area contributed by atoms with E-state index in [4.69, 9.17) is 0 Å². The fourth-order valence-electron chi connectivity index (χ4n) is 2.11. The first kappa shape index (κ1) is 10.3. The molecule has 0 aliphatic carbocycles. The summed E-state index contributed by atoms with van der Waals surface area (Å²) < 4.78 is 0. The van der Waals surface area contributed by atoms with Crippen LogP contribution in [0.5, 0.6) is 0 Å². The van der Waals surface area contributed by atoms with Gasteiger partial charge in [0, 0.05) is 16.6 Å². The second-order valence-electron chi connectivity index (χ2n) is 5.35. The molecule has 1 aromatic heterocycles. The Kier molecular flexibility index (Phi) is 2.14. The smallest absolute Gasteiger partial charge is 0.0496 e. The van der Waals surface area contributed by atoms with Crippen molar-refractivity contribution in [2.24, 2.45) is 0 Å². The van der Waals surface area contributed by atoms with E-state index in [0.717, 1.165) is 0 Å². The first-order valence-electron chi connectivity index (χ1n) is 5.49. The highest BCUT2D eigenvalue weighted by atomic mass is 14.7. The van der Waals surface area contributed by atoms with Gasteiger partial charge < -0.3 is 4.98 Å². The van der Waals surface area contributed by atoms with Crippen molar-refractivity contribution in [2.45, 2.75) is 40.0 Å². The summed E-state index contributed by atoms with van der Waals surface area (Å²) in [5.74, 6) is 0. The molecule has 80 valence electrons. The summed E-state index contributed by atoms with van der Waals surface area (Å²) in [5, 5.41) is 1.36. The molecule has 0 saturated carbocycles. The molecule has 0 unspecified atom stereocenters. The van der Waals surface area contributed by atoms with Crippen LogP contribution in [-0.4, -0.2) is 4.98 Å². The van der Waals surface area contributed by atoms with E-state index >= 15 is 0 Å². The zero-order valence-corrected chi connectivity index (χ0v) is 10.2. The number of rotatable bonds is 0. The predicted molar refractivity (Wildman–Crippen MR) is 66.5 cm³/mol. The molecule has 2 rings (SSSR count). The van der Waals surface area contributed by atoms with E-state index in [0.29, 0.717) is 0 Å². The monoisotopic (exact) mass is 201 g/mol. The van der Waals surface area contributed by atoms with Gasteiger partial charge in [0.25, 0.3) is 0 Å². The predicted octanol–water partition coefficient (Wildman–Crippen LogP) is 4.08. The van der Waals surface area contributed by atoms with Crippen molar-refractivity contribution in [1.29, 1.82) is 0 Å². The van der Waals surface area contributed by atoms with Gasteiger partial charge in [-0.2, -0.15) is 0 Å². The van der Waals surface area contributed by atoms with Crippen LogP contribution in [0.1, 0.15) is 37.6 Å². The first-order chi connectivity index (χ1) is 6.91. The largest absolute Gasteiger partial charge is 0.358 e. The second-order valence-corrected chi connectivity index (χ2v) is 5.35. The fourth-order valence-corrected chi connectivity index (χ4v) is 2.11. The Morgan fingerprint density at radius 1 is 1.07 bits per heavy atom. The molecule has 0 fully saturated rings. The molecule has 0 aliphatic heterocycles. The molecule has 0 amide bonds. The number of hydrogen-bond acceptors (Lipinski definition) is 0. The molecule has 15 heavy (non-hydrogen) atoms. The topological polar surface area (TPSA) is 15.8 Å².